The summed E-state index contributed by atoms with van der Waals surface area (Å²) in [5.41, 5.74) is 10.6. The minimum Gasteiger partial charge on any atom is -0.398 e. The molecule has 0 spiro atoms. The Morgan fingerprint density at radius 2 is 1.91 bits per heavy atom. The van der Waals surface area contributed by atoms with Crippen LogP contribution in [-0.2, 0) is 0 Å². The Morgan fingerprint density at radius 3 is 2.55 bits per heavy atom. The summed E-state index contributed by atoms with van der Waals surface area (Å²) < 4.78 is 0. The fourth-order valence-electron chi connectivity index (χ4n) is 2.80. The number of hydrogen-bond acceptors (Lipinski definition) is 2. The molecule has 0 fully saturated rings. The van der Waals surface area contributed by atoms with Gasteiger partial charge in [0, 0.05) is 17.4 Å². The van der Waals surface area contributed by atoms with Crippen molar-refractivity contribution in [2.45, 2.75) is 72.8 Å². The molecule has 1 aromatic rings. The van der Waals surface area contributed by atoms with Gasteiger partial charge in [-0.15, -0.1) is 0 Å². The number of benzene rings is 1. The van der Waals surface area contributed by atoms with Crippen molar-refractivity contribution in [3.8, 4) is 0 Å². The first-order valence-corrected chi connectivity index (χ1v) is 8.77. The molecule has 3 N–H and O–H groups in total. The lowest BCUT2D eigenvalue weighted by Crippen LogP contribution is -2.18. The summed E-state index contributed by atoms with van der Waals surface area (Å²) in [4.78, 5) is 0. The number of allylic oxidation sites excluding steroid dienone is 1. The van der Waals surface area contributed by atoms with Gasteiger partial charge in [-0.2, -0.15) is 0 Å². The molecule has 0 bridgehead atoms. The molecule has 0 aliphatic heterocycles. The lowest BCUT2D eigenvalue weighted by molar-refractivity contribution is 0.539. The Hall–Kier alpha value is -1.44. The van der Waals surface area contributed by atoms with Gasteiger partial charge < -0.3 is 11.1 Å². The Labute approximate surface area is 137 Å². The zero-order valence-electron chi connectivity index (χ0n) is 15.1. The van der Waals surface area contributed by atoms with Gasteiger partial charge in [0.1, 0.15) is 0 Å². The van der Waals surface area contributed by atoms with Crippen molar-refractivity contribution < 1.29 is 0 Å². The number of rotatable bonds is 9. The lowest BCUT2D eigenvalue weighted by atomic mass is 10.0. The monoisotopic (exact) mass is 302 g/mol. The molecule has 0 amide bonds. The minimum atomic E-state index is 0.466. The normalized spacial score (nSPS) is 13.0. The van der Waals surface area contributed by atoms with Crippen LogP contribution in [0.1, 0.15) is 70.9 Å². The van der Waals surface area contributed by atoms with E-state index in [0.29, 0.717) is 12.0 Å². The van der Waals surface area contributed by atoms with Gasteiger partial charge in [-0.3, -0.25) is 0 Å². The maximum atomic E-state index is 6.22. The van der Waals surface area contributed by atoms with Crippen LogP contribution in [0.3, 0.4) is 0 Å². The summed E-state index contributed by atoms with van der Waals surface area (Å²) in [6.07, 6.45) is 10.5. The van der Waals surface area contributed by atoms with Crippen LogP contribution in [0.2, 0.25) is 0 Å². The second-order valence-electron chi connectivity index (χ2n) is 6.87. The zero-order valence-corrected chi connectivity index (χ0v) is 15.1. The smallest absolute Gasteiger partial charge is 0.0408 e. The Bertz CT molecular complexity index is 475. The third kappa shape index (κ3) is 6.55. The highest BCUT2D eigenvalue weighted by Crippen LogP contribution is 2.25. The first kappa shape index (κ1) is 18.6. The third-order valence-electron chi connectivity index (χ3n) is 3.93. The van der Waals surface area contributed by atoms with E-state index in [1.54, 1.807) is 0 Å². The predicted octanol–water partition coefficient (Wildman–Crippen LogP) is 6.02. The summed E-state index contributed by atoms with van der Waals surface area (Å²) in [6, 6.07) is 4.74. The van der Waals surface area contributed by atoms with E-state index in [1.165, 1.54) is 31.2 Å². The quantitative estimate of drug-likeness (QED) is 0.432. The molecule has 1 atom stereocenters. The van der Waals surface area contributed by atoms with Crippen LogP contribution < -0.4 is 11.1 Å². The molecule has 0 saturated heterocycles. The average Bonchev–Trinajstić information content (AvgIpc) is 2.42. The maximum Gasteiger partial charge on any atom is 0.0408 e. The van der Waals surface area contributed by atoms with Gasteiger partial charge in [-0.25, -0.2) is 0 Å². The van der Waals surface area contributed by atoms with Gasteiger partial charge in [0.25, 0.3) is 0 Å². The van der Waals surface area contributed by atoms with Crippen LogP contribution in [0.5, 0.6) is 0 Å². The highest BCUT2D eigenvalue weighted by atomic mass is 14.9. The van der Waals surface area contributed by atoms with Crippen LogP contribution in [-0.4, -0.2) is 6.04 Å². The number of unbranched alkanes of at least 4 members (excludes halogenated alkanes) is 3. The van der Waals surface area contributed by atoms with Crippen molar-refractivity contribution in [1.82, 2.24) is 0 Å². The SMILES string of the molecule is CCCCCC=Cc1cc(C)c(NC(C)CC(C)C)cc1N. The summed E-state index contributed by atoms with van der Waals surface area (Å²) >= 11 is 0. The molecule has 1 rings (SSSR count). The van der Waals surface area contributed by atoms with Crippen LogP contribution >= 0.6 is 0 Å². The summed E-state index contributed by atoms with van der Waals surface area (Å²) in [5, 5.41) is 3.59. The molecule has 2 heteroatoms. The maximum absolute atomic E-state index is 6.22. The van der Waals surface area contributed by atoms with Crippen LogP contribution in [0.15, 0.2) is 18.2 Å². The van der Waals surface area contributed by atoms with E-state index < -0.39 is 0 Å². The van der Waals surface area contributed by atoms with Crippen molar-refractivity contribution in [3.63, 3.8) is 0 Å². The Morgan fingerprint density at radius 1 is 1.18 bits per heavy atom. The molecule has 1 aromatic carbocycles. The number of aryl methyl sites for hydroxylation is 1. The number of nitrogen functional groups attached to an aromatic ring is 1. The van der Waals surface area contributed by atoms with Crippen molar-refractivity contribution >= 4 is 17.5 Å². The molecule has 2 nitrogen and oxygen atoms in total. The zero-order chi connectivity index (χ0) is 16.5. The molecular formula is C20H34N2. The van der Waals surface area contributed by atoms with Crippen molar-refractivity contribution in [1.29, 1.82) is 0 Å². The van der Waals surface area contributed by atoms with Gasteiger partial charge in [0.05, 0.1) is 0 Å². The van der Waals surface area contributed by atoms with Crippen LogP contribution in [0.25, 0.3) is 6.08 Å². The molecule has 124 valence electrons. The van der Waals surface area contributed by atoms with Gasteiger partial charge in [-0.05, 0) is 62.3 Å². The molecule has 22 heavy (non-hydrogen) atoms. The molecular weight excluding hydrogens is 268 g/mol. The Balaban J connectivity index is 2.70. The molecule has 0 aliphatic carbocycles. The van der Waals surface area contributed by atoms with Gasteiger partial charge in [0.15, 0.2) is 0 Å². The number of anilines is 2. The standard InChI is InChI=1S/C20H34N2/c1-6-7-8-9-10-11-18-13-16(4)20(14-19(18)21)22-17(5)12-15(2)3/h10-11,13-15,17,22H,6-9,12,21H2,1-5H3. The average molecular weight is 303 g/mol. The molecule has 0 heterocycles. The lowest BCUT2D eigenvalue weighted by Gasteiger charge is -2.20. The highest BCUT2D eigenvalue weighted by Gasteiger charge is 2.08. The van der Waals surface area contributed by atoms with Gasteiger partial charge in [-0.1, -0.05) is 45.8 Å². The first-order chi connectivity index (χ1) is 10.4. The van der Waals surface area contributed by atoms with Gasteiger partial charge in [0.2, 0.25) is 0 Å². The minimum absolute atomic E-state index is 0.466. The first-order valence-electron chi connectivity index (χ1n) is 8.77. The number of nitrogens with two attached hydrogens (primary N) is 1. The highest BCUT2D eigenvalue weighted by molar-refractivity contribution is 5.72. The van der Waals surface area contributed by atoms with E-state index in [4.69, 9.17) is 5.73 Å². The third-order valence-corrected chi connectivity index (χ3v) is 3.93. The number of nitrogens with one attached hydrogen (secondary N) is 1. The second-order valence-corrected chi connectivity index (χ2v) is 6.87. The van der Waals surface area contributed by atoms with E-state index in [0.717, 1.165) is 23.4 Å². The second kappa shape index (κ2) is 9.55. The summed E-state index contributed by atoms with van der Waals surface area (Å²) in [6.45, 7) is 11.1. The van der Waals surface area contributed by atoms with Crippen molar-refractivity contribution in [3.05, 3.63) is 29.3 Å². The van der Waals surface area contributed by atoms with E-state index in [1.807, 2.05) is 0 Å². The molecule has 0 radical (unpaired) electrons. The van der Waals surface area contributed by atoms with E-state index in [9.17, 15) is 0 Å². The molecule has 0 aromatic heterocycles. The van der Waals surface area contributed by atoms with Crippen molar-refractivity contribution in [2.75, 3.05) is 11.1 Å². The summed E-state index contributed by atoms with van der Waals surface area (Å²) in [7, 11) is 0. The topological polar surface area (TPSA) is 38.0 Å². The van der Waals surface area contributed by atoms with E-state index in [-0.39, 0.29) is 0 Å². The van der Waals surface area contributed by atoms with E-state index >= 15 is 0 Å². The van der Waals surface area contributed by atoms with Crippen LogP contribution in [0, 0.1) is 12.8 Å². The largest absolute Gasteiger partial charge is 0.398 e. The fraction of sp³-hybridized carbons (Fsp3) is 0.600. The molecule has 0 saturated carbocycles. The van der Waals surface area contributed by atoms with Crippen LogP contribution in [0.4, 0.5) is 11.4 Å². The Kier molecular flexibility index (Phi) is 8.08. The van der Waals surface area contributed by atoms with Gasteiger partial charge >= 0.3 is 0 Å². The fourth-order valence-corrected chi connectivity index (χ4v) is 2.80. The molecule has 0 aliphatic rings. The predicted molar refractivity (Wildman–Crippen MR) is 101 cm³/mol. The molecule has 1 unspecified atom stereocenters. The number of hydrogen-bond donors (Lipinski definition) is 2. The van der Waals surface area contributed by atoms with E-state index in [2.05, 4.69) is 64.2 Å². The van der Waals surface area contributed by atoms with Crippen molar-refractivity contribution in [2.24, 2.45) is 5.92 Å². The summed E-state index contributed by atoms with van der Waals surface area (Å²) in [5.74, 6) is 0.700.